The van der Waals surface area contributed by atoms with Crippen LogP contribution in [-0.4, -0.2) is 104 Å². The average Bonchev–Trinajstić information content (AvgIpc) is 2.75. The van der Waals surface area contributed by atoms with Crippen molar-refractivity contribution in [3.63, 3.8) is 0 Å². The molecule has 0 bridgehead atoms. The summed E-state index contributed by atoms with van der Waals surface area (Å²) in [5.41, 5.74) is 7.45. The number of halogens is 1. The van der Waals surface area contributed by atoms with Gasteiger partial charge in [-0.1, -0.05) is 5.18 Å². The fourth-order valence-corrected chi connectivity index (χ4v) is 4.89. The fourth-order valence-electron chi connectivity index (χ4n) is 4.58. The van der Waals surface area contributed by atoms with Crippen LogP contribution in [0.1, 0.15) is 0 Å². The topological polar surface area (TPSA) is 128 Å². The van der Waals surface area contributed by atoms with Gasteiger partial charge in [0.2, 0.25) is 5.91 Å². The number of carbonyl (C=O) groups excluding carboxylic acids is 1. The van der Waals surface area contributed by atoms with Crippen LogP contribution in [0.3, 0.4) is 0 Å². The number of nitrogens with one attached hydrogen (secondary N) is 2. The number of hydrogen-bond acceptors (Lipinski definition) is 10. The summed E-state index contributed by atoms with van der Waals surface area (Å²) in [6.45, 7) is 6.24. The lowest BCUT2D eigenvalue weighted by molar-refractivity contribution is -0.123. The summed E-state index contributed by atoms with van der Waals surface area (Å²) in [6.07, 6.45) is 1.69. The van der Waals surface area contributed by atoms with E-state index in [1.54, 1.807) is 12.4 Å². The standard InChI is InChI=1S/C20H31ClN8O3/c1-27-10-13(21)8-24-19(27)17(18(22)26-31)20(30)25-15-9-23-3-2-16(15)29-6-4-28(5-7-29)14-11-32-12-14/h2-3,9,13-14,17-19,24H,4-8,10-12,22H2,1H3,(H,25,30). The summed E-state index contributed by atoms with van der Waals surface area (Å²) in [5.74, 6) is -1.26. The molecule has 0 aliphatic carbocycles. The zero-order valence-corrected chi connectivity index (χ0v) is 18.9. The number of hydrogen-bond donors (Lipinski definition) is 3. The number of nitrogens with two attached hydrogens (primary N) is 1. The second kappa shape index (κ2) is 10.4. The van der Waals surface area contributed by atoms with Crippen molar-refractivity contribution < 1.29 is 9.53 Å². The molecule has 1 aromatic heterocycles. The number of alkyl halides is 1. The Labute approximate surface area is 192 Å². The van der Waals surface area contributed by atoms with Crippen molar-refractivity contribution in [2.75, 3.05) is 69.7 Å². The first-order valence-electron chi connectivity index (χ1n) is 10.9. The van der Waals surface area contributed by atoms with Crippen LogP contribution in [0.25, 0.3) is 0 Å². The number of aromatic nitrogens is 1. The highest BCUT2D eigenvalue weighted by Gasteiger charge is 2.40. The number of piperazine rings is 1. The summed E-state index contributed by atoms with van der Waals surface area (Å²) < 4.78 is 5.31. The lowest BCUT2D eigenvalue weighted by atomic mass is 9.98. The van der Waals surface area contributed by atoms with Crippen LogP contribution in [0.4, 0.5) is 11.4 Å². The molecule has 0 spiro atoms. The van der Waals surface area contributed by atoms with Crippen LogP contribution in [0.2, 0.25) is 0 Å². The molecular formula is C20H31ClN8O3. The van der Waals surface area contributed by atoms with Crippen LogP contribution in [0.5, 0.6) is 0 Å². The van der Waals surface area contributed by atoms with E-state index in [-0.39, 0.29) is 11.3 Å². The van der Waals surface area contributed by atoms with Crippen molar-refractivity contribution in [1.82, 2.24) is 20.1 Å². The van der Waals surface area contributed by atoms with E-state index in [1.807, 2.05) is 18.0 Å². The van der Waals surface area contributed by atoms with Crippen LogP contribution >= 0.6 is 11.6 Å². The predicted octanol–water partition coefficient (Wildman–Crippen LogP) is -0.323. The lowest BCUT2D eigenvalue weighted by Gasteiger charge is -2.43. The number of pyridine rings is 1. The van der Waals surface area contributed by atoms with E-state index in [9.17, 15) is 9.70 Å². The average molecular weight is 467 g/mol. The molecule has 12 heteroatoms. The minimum absolute atomic E-state index is 0.0875. The Morgan fingerprint density at radius 2 is 2.12 bits per heavy atom. The number of rotatable bonds is 7. The van der Waals surface area contributed by atoms with Crippen molar-refractivity contribution in [3.8, 4) is 0 Å². The van der Waals surface area contributed by atoms with E-state index in [1.165, 1.54) is 0 Å². The van der Waals surface area contributed by atoms with Gasteiger partial charge in [0.1, 0.15) is 5.92 Å². The fraction of sp³-hybridized carbons (Fsp3) is 0.700. The van der Waals surface area contributed by atoms with Gasteiger partial charge in [0.15, 0.2) is 6.17 Å². The number of ether oxygens (including phenoxy) is 1. The number of amides is 1. The number of nitroso groups, excluding NO2 is 1. The molecule has 0 aromatic carbocycles. The molecule has 1 amide bonds. The molecular weight excluding hydrogens is 436 g/mol. The van der Waals surface area contributed by atoms with Crippen LogP contribution in [0, 0.1) is 10.8 Å². The van der Waals surface area contributed by atoms with Gasteiger partial charge < -0.3 is 20.7 Å². The second-order valence-electron chi connectivity index (χ2n) is 8.61. The minimum atomic E-state index is -1.20. The van der Waals surface area contributed by atoms with E-state index in [0.717, 1.165) is 45.1 Å². The minimum Gasteiger partial charge on any atom is -0.378 e. The van der Waals surface area contributed by atoms with E-state index >= 15 is 0 Å². The van der Waals surface area contributed by atoms with Crippen molar-refractivity contribution >= 4 is 28.9 Å². The molecule has 32 heavy (non-hydrogen) atoms. The van der Waals surface area contributed by atoms with Crippen LogP contribution < -0.4 is 21.3 Å². The molecule has 0 saturated carbocycles. The molecule has 4 atom stereocenters. The first-order chi connectivity index (χ1) is 15.5. The third-order valence-corrected chi connectivity index (χ3v) is 6.78. The summed E-state index contributed by atoms with van der Waals surface area (Å²) >= 11 is 6.21. The molecule has 3 saturated heterocycles. The summed E-state index contributed by atoms with van der Waals surface area (Å²) in [5, 5.41) is 9.04. The molecule has 176 valence electrons. The summed E-state index contributed by atoms with van der Waals surface area (Å²) in [4.78, 5) is 35.4. The van der Waals surface area contributed by atoms with Gasteiger partial charge in [0.05, 0.1) is 48.4 Å². The summed E-state index contributed by atoms with van der Waals surface area (Å²) in [7, 11) is 1.84. The van der Waals surface area contributed by atoms with Gasteiger partial charge in [-0.15, -0.1) is 16.5 Å². The molecule has 11 nitrogen and oxygen atoms in total. The smallest absolute Gasteiger partial charge is 0.234 e. The SMILES string of the molecule is CN1CC(Cl)CNC1C(C(=O)Nc1cnccc1N1CCN(C2COC2)CC1)C(N)N=O. The highest BCUT2D eigenvalue weighted by atomic mass is 35.5. The molecule has 3 fully saturated rings. The largest absolute Gasteiger partial charge is 0.378 e. The van der Waals surface area contributed by atoms with Crippen molar-refractivity contribution in [2.45, 2.75) is 23.8 Å². The Kier molecular flexibility index (Phi) is 7.54. The number of anilines is 2. The van der Waals surface area contributed by atoms with Gasteiger partial charge in [-0.3, -0.25) is 24.9 Å². The lowest BCUT2D eigenvalue weighted by Crippen LogP contribution is -2.62. The van der Waals surface area contributed by atoms with Crippen molar-refractivity contribution in [2.24, 2.45) is 16.8 Å². The van der Waals surface area contributed by atoms with Crippen molar-refractivity contribution in [3.05, 3.63) is 23.4 Å². The maximum Gasteiger partial charge on any atom is 0.234 e. The Morgan fingerprint density at radius 1 is 1.38 bits per heavy atom. The Hall–Kier alpha value is -1.89. The zero-order valence-electron chi connectivity index (χ0n) is 18.2. The van der Waals surface area contributed by atoms with Crippen molar-refractivity contribution in [1.29, 1.82) is 0 Å². The molecule has 0 radical (unpaired) electrons. The highest BCUT2D eigenvalue weighted by Crippen LogP contribution is 2.28. The van der Waals surface area contributed by atoms with Crippen LogP contribution in [-0.2, 0) is 9.53 Å². The third kappa shape index (κ3) is 5.03. The van der Waals surface area contributed by atoms with Gasteiger partial charge in [-0.05, 0) is 13.1 Å². The Morgan fingerprint density at radius 3 is 2.75 bits per heavy atom. The van der Waals surface area contributed by atoms with E-state index in [4.69, 9.17) is 22.1 Å². The van der Waals surface area contributed by atoms with E-state index < -0.39 is 18.2 Å². The molecule has 3 aliphatic heterocycles. The van der Waals surface area contributed by atoms with Crippen LogP contribution in [0.15, 0.2) is 23.6 Å². The third-order valence-electron chi connectivity index (χ3n) is 6.49. The summed E-state index contributed by atoms with van der Waals surface area (Å²) in [6, 6.07) is 2.41. The van der Waals surface area contributed by atoms with Gasteiger partial charge in [-0.25, -0.2) is 0 Å². The van der Waals surface area contributed by atoms with Gasteiger partial charge in [0, 0.05) is 45.5 Å². The molecule has 4 heterocycles. The molecule has 4 rings (SSSR count). The maximum atomic E-state index is 13.3. The number of nitrogens with zero attached hydrogens (tertiary/aromatic N) is 5. The first kappa shape index (κ1) is 23.3. The van der Waals surface area contributed by atoms with Gasteiger partial charge in [-0.2, -0.15) is 0 Å². The zero-order chi connectivity index (χ0) is 22.7. The highest BCUT2D eigenvalue weighted by molar-refractivity contribution is 6.21. The predicted molar refractivity (Wildman–Crippen MR) is 123 cm³/mol. The Bertz CT molecular complexity index is 805. The number of carbonyl (C=O) groups is 1. The molecule has 4 N–H and O–H groups in total. The van der Waals surface area contributed by atoms with E-state index in [0.29, 0.717) is 24.8 Å². The Balaban J connectivity index is 1.46. The first-order valence-corrected chi connectivity index (χ1v) is 11.4. The maximum absolute atomic E-state index is 13.3. The molecule has 4 unspecified atom stereocenters. The molecule has 1 aromatic rings. The quantitative estimate of drug-likeness (QED) is 0.365. The van der Waals surface area contributed by atoms with Gasteiger partial charge >= 0.3 is 0 Å². The van der Waals surface area contributed by atoms with E-state index in [2.05, 4.69) is 30.6 Å². The molecule has 3 aliphatic rings. The normalized spacial score (nSPS) is 27.4. The monoisotopic (exact) mass is 466 g/mol. The second-order valence-corrected chi connectivity index (χ2v) is 9.23. The van der Waals surface area contributed by atoms with Gasteiger partial charge in [0.25, 0.3) is 0 Å².